The van der Waals surface area contributed by atoms with Crippen molar-refractivity contribution in [3.8, 4) is 5.75 Å². The maximum absolute atomic E-state index is 10.3. The van der Waals surface area contributed by atoms with E-state index in [4.69, 9.17) is 9.47 Å². The molecule has 3 aliphatic rings. The first-order valence-electron chi connectivity index (χ1n) is 8.13. The number of nitrogens with zero attached hydrogens (tertiary/aromatic N) is 1. The number of rotatable bonds is 4. The number of fused-ring (bicyclic) bond motifs is 1. The Labute approximate surface area is 131 Å². The summed E-state index contributed by atoms with van der Waals surface area (Å²) < 4.78 is 11.7. The Bertz CT molecular complexity index is 552. The first-order chi connectivity index (χ1) is 10.7. The Kier molecular flexibility index (Phi) is 3.61. The number of ether oxygens (including phenoxy) is 2. The molecule has 3 aliphatic heterocycles. The van der Waals surface area contributed by atoms with E-state index in [1.54, 1.807) is 13.2 Å². The molecule has 3 heterocycles. The molecule has 2 bridgehead atoms. The molecule has 4 rings (SSSR count). The fourth-order valence-corrected chi connectivity index (χ4v) is 4.53. The van der Waals surface area contributed by atoms with Crippen LogP contribution in [0.3, 0.4) is 0 Å². The number of nitrogens with one attached hydrogen (secondary N) is 1. The van der Waals surface area contributed by atoms with Crippen molar-refractivity contribution in [3.05, 3.63) is 29.8 Å². The van der Waals surface area contributed by atoms with Gasteiger partial charge in [0.2, 0.25) is 0 Å². The third kappa shape index (κ3) is 2.15. The van der Waals surface area contributed by atoms with E-state index in [0.717, 1.165) is 44.8 Å². The van der Waals surface area contributed by atoms with Crippen molar-refractivity contribution in [2.45, 2.75) is 24.2 Å². The zero-order valence-corrected chi connectivity index (χ0v) is 13.0. The van der Waals surface area contributed by atoms with Crippen LogP contribution in [0.5, 0.6) is 5.75 Å². The number of hydrogen-bond donors (Lipinski definition) is 2. The summed E-state index contributed by atoms with van der Waals surface area (Å²) >= 11 is 0. The van der Waals surface area contributed by atoms with Gasteiger partial charge in [-0.15, -0.1) is 0 Å². The molecule has 0 unspecified atom stereocenters. The number of likely N-dealkylation sites (tertiary alicyclic amines) is 1. The van der Waals surface area contributed by atoms with Gasteiger partial charge in [0.25, 0.3) is 0 Å². The monoisotopic (exact) mass is 304 g/mol. The van der Waals surface area contributed by atoms with Crippen LogP contribution in [0, 0.1) is 5.92 Å². The number of para-hydroxylation sites is 1. The standard InChI is InChI=1S/C17H24N2O3/c1-21-7-6-19-10-13-8-12-9-18-16(17(12,11-19)22-13)14-4-2-3-5-15(14)20/h2-5,12-13,16,18,20H,6-11H2,1H3/t12-,13-,16+,17-/m1/s1. The molecule has 1 aromatic carbocycles. The van der Waals surface area contributed by atoms with E-state index in [1.807, 2.05) is 18.2 Å². The van der Waals surface area contributed by atoms with Crippen molar-refractivity contribution >= 4 is 0 Å². The summed E-state index contributed by atoms with van der Waals surface area (Å²) in [6.45, 7) is 4.56. The van der Waals surface area contributed by atoms with E-state index in [0.29, 0.717) is 17.8 Å². The Morgan fingerprint density at radius 2 is 2.32 bits per heavy atom. The fourth-order valence-electron chi connectivity index (χ4n) is 4.53. The third-order valence-corrected chi connectivity index (χ3v) is 5.47. The number of benzene rings is 1. The van der Waals surface area contributed by atoms with Gasteiger partial charge in [0, 0.05) is 44.8 Å². The molecule has 120 valence electrons. The van der Waals surface area contributed by atoms with Crippen LogP contribution in [0.2, 0.25) is 0 Å². The molecule has 5 heteroatoms. The van der Waals surface area contributed by atoms with Crippen LogP contribution in [-0.2, 0) is 9.47 Å². The van der Waals surface area contributed by atoms with E-state index in [2.05, 4.69) is 10.2 Å². The molecule has 22 heavy (non-hydrogen) atoms. The highest BCUT2D eigenvalue weighted by Gasteiger charge is 2.60. The van der Waals surface area contributed by atoms with Gasteiger partial charge in [-0.3, -0.25) is 4.90 Å². The summed E-state index contributed by atoms with van der Waals surface area (Å²) in [4.78, 5) is 2.46. The van der Waals surface area contributed by atoms with Crippen molar-refractivity contribution < 1.29 is 14.6 Å². The molecular formula is C17H24N2O3. The number of phenols is 1. The summed E-state index contributed by atoms with van der Waals surface area (Å²) in [5, 5.41) is 13.9. The van der Waals surface area contributed by atoms with Gasteiger partial charge in [-0.05, 0) is 12.5 Å². The fraction of sp³-hybridized carbons (Fsp3) is 0.647. The maximum Gasteiger partial charge on any atom is 0.120 e. The smallest absolute Gasteiger partial charge is 0.120 e. The van der Waals surface area contributed by atoms with E-state index in [-0.39, 0.29) is 11.6 Å². The quantitative estimate of drug-likeness (QED) is 0.874. The second-order valence-corrected chi connectivity index (χ2v) is 6.76. The molecule has 3 saturated heterocycles. The third-order valence-electron chi connectivity index (χ3n) is 5.47. The average molecular weight is 304 g/mol. The highest BCUT2D eigenvalue weighted by Crippen LogP contribution is 2.52. The SMILES string of the molecule is COCCN1C[C@H]2C[C@@H]3CN[C@@H](c4ccccc4O)[C@]3(C1)O2. The van der Waals surface area contributed by atoms with E-state index < -0.39 is 0 Å². The van der Waals surface area contributed by atoms with Gasteiger partial charge in [-0.25, -0.2) is 0 Å². The van der Waals surface area contributed by atoms with Crippen LogP contribution in [0.15, 0.2) is 24.3 Å². The van der Waals surface area contributed by atoms with Crippen LogP contribution >= 0.6 is 0 Å². The van der Waals surface area contributed by atoms with Crippen LogP contribution in [0.4, 0.5) is 0 Å². The first-order valence-corrected chi connectivity index (χ1v) is 8.13. The average Bonchev–Trinajstić information content (AvgIpc) is 2.96. The number of methoxy groups -OCH3 is 1. The van der Waals surface area contributed by atoms with Crippen molar-refractivity contribution in [3.63, 3.8) is 0 Å². The normalized spacial score (nSPS) is 37.4. The van der Waals surface area contributed by atoms with Crippen LogP contribution < -0.4 is 5.32 Å². The maximum atomic E-state index is 10.3. The number of morpholine rings is 1. The minimum Gasteiger partial charge on any atom is -0.508 e. The van der Waals surface area contributed by atoms with Crippen molar-refractivity contribution in [2.24, 2.45) is 5.92 Å². The molecule has 0 aliphatic carbocycles. The number of hydrogen-bond acceptors (Lipinski definition) is 5. The molecule has 0 radical (unpaired) electrons. The molecule has 1 spiro atoms. The van der Waals surface area contributed by atoms with Crippen LogP contribution in [-0.4, -0.2) is 61.6 Å². The Balaban J connectivity index is 1.64. The zero-order valence-electron chi connectivity index (χ0n) is 13.0. The minimum absolute atomic E-state index is 0.0639. The minimum atomic E-state index is -0.213. The van der Waals surface area contributed by atoms with Gasteiger partial charge in [0.05, 0.1) is 18.8 Å². The van der Waals surface area contributed by atoms with Gasteiger partial charge in [0.1, 0.15) is 11.4 Å². The Morgan fingerprint density at radius 1 is 1.45 bits per heavy atom. The summed E-state index contributed by atoms with van der Waals surface area (Å²) in [7, 11) is 1.75. The van der Waals surface area contributed by atoms with Crippen LogP contribution in [0.1, 0.15) is 18.0 Å². The molecule has 0 amide bonds. The van der Waals surface area contributed by atoms with Gasteiger partial charge in [-0.1, -0.05) is 18.2 Å². The Morgan fingerprint density at radius 3 is 3.14 bits per heavy atom. The van der Waals surface area contributed by atoms with E-state index >= 15 is 0 Å². The van der Waals surface area contributed by atoms with Crippen molar-refractivity contribution in [1.29, 1.82) is 0 Å². The highest BCUT2D eigenvalue weighted by molar-refractivity contribution is 5.38. The van der Waals surface area contributed by atoms with Crippen molar-refractivity contribution in [1.82, 2.24) is 10.2 Å². The predicted octanol–water partition coefficient (Wildman–Crippen LogP) is 1.14. The molecule has 0 saturated carbocycles. The molecule has 1 aromatic rings. The lowest BCUT2D eigenvalue weighted by molar-refractivity contribution is -0.128. The summed E-state index contributed by atoms with van der Waals surface area (Å²) in [5.74, 6) is 0.880. The van der Waals surface area contributed by atoms with E-state index in [9.17, 15) is 5.11 Å². The predicted molar refractivity (Wildman–Crippen MR) is 82.9 cm³/mol. The number of phenolic OH excluding ortho intramolecular Hbond substituents is 1. The topological polar surface area (TPSA) is 54.0 Å². The molecular weight excluding hydrogens is 280 g/mol. The zero-order chi connectivity index (χ0) is 15.2. The summed E-state index contributed by atoms with van der Waals surface area (Å²) in [6.07, 6.45) is 1.42. The lowest BCUT2D eigenvalue weighted by Crippen LogP contribution is -2.55. The largest absolute Gasteiger partial charge is 0.508 e. The molecule has 5 nitrogen and oxygen atoms in total. The summed E-state index contributed by atoms with van der Waals surface area (Å²) in [5.41, 5.74) is 0.745. The first kappa shape index (κ1) is 14.5. The number of aromatic hydroxyl groups is 1. The van der Waals surface area contributed by atoms with Crippen LogP contribution in [0.25, 0.3) is 0 Å². The lowest BCUT2D eigenvalue weighted by Gasteiger charge is -2.43. The van der Waals surface area contributed by atoms with E-state index in [1.165, 1.54) is 0 Å². The highest BCUT2D eigenvalue weighted by atomic mass is 16.5. The van der Waals surface area contributed by atoms with Gasteiger partial charge in [-0.2, -0.15) is 0 Å². The molecule has 3 fully saturated rings. The second-order valence-electron chi connectivity index (χ2n) is 6.76. The summed E-state index contributed by atoms with van der Waals surface area (Å²) in [6, 6.07) is 7.69. The molecule has 0 aromatic heterocycles. The molecule has 4 atom stereocenters. The van der Waals surface area contributed by atoms with Gasteiger partial charge in [0.15, 0.2) is 0 Å². The molecule has 2 N–H and O–H groups in total. The van der Waals surface area contributed by atoms with Gasteiger partial charge >= 0.3 is 0 Å². The van der Waals surface area contributed by atoms with Gasteiger partial charge < -0.3 is 19.9 Å². The van der Waals surface area contributed by atoms with Crippen molar-refractivity contribution in [2.75, 3.05) is 39.9 Å². The lowest BCUT2D eigenvalue weighted by atomic mass is 9.82. The Hall–Kier alpha value is -1.14. The second kappa shape index (κ2) is 5.49.